The molecule has 0 aromatic heterocycles. The van der Waals surface area contributed by atoms with Gasteiger partial charge in [0.15, 0.2) is 23.0 Å². The average molecular weight is 341 g/mol. The number of fused-ring (bicyclic) bond motifs is 1. The highest BCUT2D eigenvalue weighted by Gasteiger charge is 2.16. The fraction of sp³-hybridized carbons (Fsp3) is 0.400. The lowest BCUT2D eigenvalue weighted by Gasteiger charge is -2.20. The van der Waals surface area contributed by atoms with Crippen LogP contribution in [0.4, 0.5) is 0 Å². The predicted molar refractivity (Wildman–Crippen MR) is 95.0 cm³/mol. The summed E-state index contributed by atoms with van der Waals surface area (Å²) in [6, 6.07) is 11.8. The predicted octanol–water partition coefficient (Wildman–Crippen LogP) is 3.85. The van der Waals surface area contributed by atoms with Gasteiger partial charge in [-0.15, -0.1) is 0 Å². The van der Waals surface area contributed by atoms with Crippen molar-refractivity contribution in [3.05, 3.63) is 42.0 Å². The molecule has 1 saturated heterocycles. The van der Waals surface area contributed by atoms with Crippen molar-refractivity contribution < 1.29 is 18.9 Å². The number of rotatable bonds is 5. The van der Waals surface area contributed by atoms with Gasteiger partial charge in [0.25, 0.3) is 0 Å². The Kier molecular flexibility index (Phi) is 4.65. The Morgan fingerprint density at radius 2 is 1.72 bits per heavy atom. The Morgan fingerprint density at radius 3 is 2.52 bits per heavy atom. The number of hydrogen-bond acceptors (Lipinski definition) is 5. The highest BCUT2D eigenvalue weighted by Crippen LogP contribution is 2.38. The van der Waals surface area contributed by atoms with Gasteiger partial charge < -0.3 is 18.9 Å². The van der Waals surface area contributed by atoms with Gasteiger partial charge in [0.1, 0.15) is 19.0 Å². The standard InChI is InChI=1S/C20H23NO4/c1-22-17-6-4-15(14-21-8-2-3-9-21)12-20(17)25-16-5-7-18-19(13-16)24-11-10-23-18/h4-7,12-13H,2-3,8-11,14H2,1H3. The second-order valence-corrected chi connectivity index (χ2v) is 6.38. The molecule has 132 valence electrons. The number of benzene rings is 2. The van der Waals surface area contributed by atoms with Gasteiger partial charge in [-0.1, -0.05) is 6.07 Å². The summed E-state index contributed by atoms with van der Waals surface area (Å²) < 4.78 is 22.7. The van der Waals surface area contributed by atoms with E-state index in [1.54, 1.807) is 7.11 Å². The van der Waals surface area contributed by atoms with Crippen molar-refractivity contribution in [2.45, 2.75) is 19.4 Å². The molecule has 25 heavy (non-hydrogen) atoms. The number of ether oxygens (including phenoxy) is 4. The van der Waals surface area contributed by atoms with Gasteiger partial charge in [-0.2, -0.15) is 0 Å². The fourth-order valence-corrected chi connectivity index (χ4v) is 3.31. The Morgan fingerprint density at radius 1 is 0.920 bits per heavy atom. The molecule has 0 saturated carbocycles. The van der Waals surface area contributed by atoms with Crippen LogP contribution in [0.5, 0.6) is 28.7 Å². The highest BCUT2D eigenvalue weighted by atomic mass is 16.6. The monoisotopic (exact) mass is 341 g/mol. The molecule has 0 aliphatic carbocycles. The zero-order valence-electron chi connectivity index (χ0n) is 14.5. The lowest BCUT2D eigenvalue weighted by atomic mass is 10.2. The van der Waals surface area contributed by atoms with E-state index in [1.807, 2.05) is 24.3 Å². The summed E-state index contributed by atoms with van der Waals surface area (Å²) in [5.74, 6) is 3.63. The van der Waals surface area contributed by atoms with Crippen LogP contribution in [0, 0.1) is 0 Å². The zero-order chi connectivity index (χ0) is 17.1. The topological polar surface area (TPSA) is 40.2 Å². The van der Waals surface area contributed by atoms with E-state index in [-0.39, 0.29) is 0 Å². The molecule has 0 atom stereocenters. The van der Waals surface area contributed by atoms with Crippen molar-refractivity contribution in [3.63, 3.8) is 0 Å². The fourth-order valence-electron chi connectivity index (χ4n) is 3.31. The third-order valence-corrected chi connectivity index (χ3v) is 4.57. The zero-order valence-corrected chi connectivity index (χ0v) is 14.5. The van der Waals surface area contributed by atoms with E-state index in [4.69, 9.17) is 18.9 Å². The van der Waals surface area contributed by atoms with Crippen molar-refractivity contribution in [1.29, 1.82) is 0 Å². The maximum atomic E-state index is 6.09. The first-order valence-corrected chi connectivity index (χ1v) is 8.78. The molecule has 1 fully saturated rings. The summed E-state index contributed by atoms with van der Waals surface area (Å²) in [4.78, 5) is 2.47. The Labute approximate surface area is 148 Å². The molecule has 0 unspecified atom stereocenters. The van der Waals surface area contributed by atoms with E-state index in [1.165, 1.54) is 31.5 Å². The largest absolute Gasteiger partial charge is 0.493 e. The van der Waals surface area contributed by atoms with Crippen LogP contribution in [-0.4, -0.2) is 38.3 Å². The molecule has 2 aliphatic rings. The van der Waals surface area contributed by atoms with Gasteiger partial charge in [-0.25, -0.2) is 0 Å². The molecule has 0 N–H and O–H groups in total. The molecule has 2 aliphatic heterocycles. The molecular weight excluding hydrogens is 318 g/mol. The highest BCUT2D eigenvalue weighted by molar-refractivity contribution is 5.50. The maximum absolute atomic E-state index is 6.09. The van der Waals surface area contributed by atoms with Crippen LogP contribution >= 0.6 is 0 Å². The Bertz CT molecular complexity index is 740. The number of methoxy groups -OCH3 is 1. The van der Waals surface area contributed by atoms with Crippen LogP contribution in [0.3, 0.4) is 0 Å². The van der Waals surface area contributed by atoms with E-state index in [0.717, 1.165) is 29.5 Å². The van der Waals surface area contributed by atoms with Crippen LogP contribution in [-0.2, 0) is 6.54 Å². The first kappa shape index (κ1) is 16.1. The van der Waals surface area contributed by atoms with Gasteiger partial charge in [0.2, 0.25) is 0 Å². The lowest BCUT2D eigenvalue weighted by molar-refractivity contribution is 0.171. The molecule has 2 aromatic carbocycles. The number of likely N-dealkylation sites (tertiary alicyclic amines) is 1. The van der Waals surface area contributed by atoms with Gasteiger partial charge in [0.05, 0.1) is 7.11 Å². The SMILES string of the molecule is COc1ccc(CN2CCCC2)cc1Oc1ccc2c(c1)OCCO2. The summed E-state index contributed by atoms with van der Waals surface area (Å²) in [5.41, 5.74) is 1.23. The smallest absolute Gasteiger partial charge is 0.169 e. The van der Waals surface area contributed by atoms with E-state index < -0.39 is 0 Å². The Balaban J connectivity index is 1.55. The summed E-state index contributed by atoms with van der Waals surface area (Å²) in [5, 5.41) is 0. The van der Waals surface area contributed by atoms with Crippen molar-refractivity contribution in [3.8, 4) is 28.7 Å². The first-order chi connectivity index (χ1) is 12.3. The van der Waals surface area contributed by atoms with Gasteiger partial charge >= 0.3 is 0 Å². The minimum Gasteiger partial charge on any atom is -0.493 e. The second kappa shape index (κ2) is 7.23. The minimum absolute atomic E-state index is 0.561. The third kappa shape index (κ3) is 3.66. The van der Waals surface area contributed by atoms with Gasteiger partial charge in [-0.3, -0.25) is 4.90 Å². The van der Waals surface area contributed by atoms with Crippen molar-refractivity contribution in [2.24, 2.45) is 0 Å². The average Bonchev–Trinajstić information content (AvgIpc) is 3.15. The molecule has 2 aromatic rings. The van der Waals surface area contributed by atoms with E-state index in [2.05, 4.69) is 17.0 Å². The summed E-state index contributed by atoms with van der Waals surface area (Å²) >= 11 is 0. The van der Waals surface area contributed by atoms with Crippen LogP contribution in [0.25, 0.3) is 0 Å². The van der Waals surface area contributed by atoms with E-state index in [0.29, 0.717) is 19.0 Å². The maximum Gasteiger partial charge on any atom is 0.169 e. The van der Waals surface area contributed by atoms with E-state index >= 15 is 0 Å². The first-order valence-electron chi connectivity index (χ1n) is 8.78. The third-order valence-electron chi connectivity index (χ3n) is 4.57. The molecule has 0 amide bonds. The summed E-state index contributed by atoms with van der Waals surface area (Å²) in [6.45, 7) is 4.43. The van der Waals surface area contributed by atoms with Crippen LogP contribution < -0.4 is 18.9 Å². The normalized spacial score (nSPS) is 16.7. The lowest BCUT2D eigenvalue weighted by Crippen LogP contribution is -2.18. The van der Waals surface area contributed by atoms with Crippen LogP contribution in [0.15, 0.2) is 36.4 Å². The second-order valence-electron chi connectivity index (χ2n) is 6.38. The molecule has 0 bridgehead atoms. The molecule has 5 heteroatoms. The van der Waals surface area contributed by atoms with Crippen molar-refractivity contribution >= 4 is 0 Å². The van der Waals surface area contributed by atoms with E-state index in [9.17, 15) is 0 Å². The van der Waals surface area contributed by atoms with Crippen molar-refractivity contribution in [1.82, 2.24) is 4.90 Å². The molecule has 0 spiro atoms. The molecule has 0 radical (unpaired) electrons. The van der Waals surface area contributed by atoms with Crippen molar-refractivity contribution in [2.75, 3.05) is 33.4 Å². The minimum atomic E-state index is 0.561. The van der Waals surface area contributed by atoms with Gasteiger partial charge in [0, 0.05) is 12.6 Å². The number of nitrogens with zero attached hydrogens (tertiary/aromatic N) is 1. The van der Waals surface area contributed by atoms with Gasteiger partial charge in [-0.05, 0) is 55.8 Å². The molecule has 5 nitrogen and oxygen atoms in total. The summed E-state index contributed by atoms with van der Waals surface area (Å²) in [7, 11) is 1.66. The van der Waals surface area contributed by atoms with Crippen LogP contribution in [0.2, 0.25) is 0 Å². The van der Waals surface area contributed by atoms with Crippen LogP contribution in [0.1, 0.15) is 18.4 Å². The Hall–Kier alpha value is -2.40. The molecular formula is C20H23NO4. The summed E-state index contributed by atoms with van der Waals surface area (Å²) in [6.07, 6.45) is 2.58. The molecule has 4 rings (SSSR count). The number of hydrogen-bond donors (Lipinski definition) is 0. The molecule has 2 heterocycles. The quantitative estimate of drug-likeness (QED) is 0.826.